The van der Waals surface area contributed by atoms with Gasteiger partial charge in [0.05, 0.1) is 9.77 Å². The number of sulfonamides is 1. The van der Waals surface area contributed by atoms with Gasteiger partial charge >= 0.3 is 5.97 Å². The Morgan fingerprint density at radius 2 is 1.88 bits per heavy atom. The van der Waals surface area contributed by atoms with E-state index < -0.39 is 28.6 Å². The van der Waals surface area contributed by atoms with E-state index in [1.807, 2.05) is 6.92 Å². The van der Waals surface area contributed by atoms with Crippen LogP contribution in [0.25, 0.3) is 0 Å². The molecule has 1 aromatic heterocycles. The third-order valence-electron chi connectivity index (χ3n) is 5.13. The first-order chi connectivity index (χ1) is 15.2. The second-order valence-corrected chi connectivity index (χ2v) is 10.7. The molecule has 1 aliphatic rings. The number of carbonyl (C=O) groups is 3. The van der Waals surface area contributed by atoms with E-state index in [2.05, 4.69) is 5.32 Å². The molecule has 10 heteroatoms. The maximum Gasteiger partial charge on any atom is 0.324 e. The molecule has 0 unspecified atom stereocenters. The molecular formula is C22H26N2O6S2. The van der Waals surface area contributed by atoms with Crippen molar-refractivity contribution in [1.82, 2.24) is 9.62 Å². The largest absolute Gasteiger partial charge is 0.456 e. The molecule has 2 aromatic rings. The summed E-state index contributed by atoms with van der Waals surface area (Å²) in [5.41, 5.74) is 0.937. The highest BCUT2D eigenvalue weighted by molar-refractivity contribution is 7.89. The van der Waals surface area contributed by atoms with Crippen molar-refractivity contribution in [2.75, 3.05) is 19.7 Å². The molecule has 1 saturated heterocycles. The molecule has 0 bridgehead atoms. The third-order valence-corrected chi connectivity index (χ3v) is 8.24. The van der Waals surface area contributed by atoms with E-state index in [0.717, 1.165) is 14.7 Å². The van der Waals surface area contributed by atoms with Crippen LogP contribution >= 0.6 is 11.3 Å². The van der Waals surface area contributed by atoms with Crippen LogP contribution in [0.15, 0.2) is 41.3 Å². The van der Waals surface area contributed by atoms with Gasteiger partial charge in [-0.15, -0.1) is 11.3 Å². The number of carbonyl (C=O) groups excluding carboxylic acids is 3. The molecule has 1 fully saturated rings. The molecular weight excluding hydrogens is 452 g/mol. The number of esters is 1. The van der Waals surface area contributed by atoms with Crippen LogP contribution in [0.2, 0.25) is 0 Å². The highest BCUT2D eigenvalue weighted by Gasteiger charge is 2.40. The molecule has 32 heavy (non-hydrogen) atoms. The summed E-state index contributed by atoms with van der Waals surface area (Å²) in [5, 5.41) is 2.69. The predicted molar refractivity (Wildman–Crippen MR) is 120 cm³/mol. The molecule has 172 valence electrons. The van der Waals surface area contributed by atoms with Crippen LogP contribution in [-0.4, -0.2) is 56.1 Å². The fraction of sp³-hybridized carbons (Fsp3) is 0.409. The second kappa shape index (κ2) is 10.4. The number of nitrogens with zero attached hydrogens (tertiary/aromatic N) is 1. The van der Waals surface area contributed by atoms with Crippen LogP contribution in [0.3, 0.4) is 0 Å². The first-order valence-corrected chi connectivity index (χ1v) is 12.6. The molecule has 1 N–H and O–H groups in total. The molecule has 0 aliphatic carbocycles. The van der Waals surface area contributed by atoms with Gasteiger partial charge in [-0.25, -0.2) is 8.42 Å². The molecule has 1 aliphatic heterocycles. The summed E-state index contributed by atoms with van der Waals surface area (Å²) in [6.45, 7) is 3.57. The van der Waals surface area contributed by atoms with Gasteiger partial charge in [-0.1, -0.05) is 17.7 Å². The standard InChI is InChI=1S/C22H26N2O6S2/c1-15-5-8-18(9-6-15)32(28,29)24-13-3-4-19(24)22(27)30-14-20(26)21-10-7-17(31-21)11-12-23-16(2)25/h5-10,19H,3-4,11-14H2,1-2H3,(H,23,25)/t19-/m0/s1. The fourth-order valence-corrected chi connectivity index (χ4v) is 6.02. The smallest absolute Gasteiger partial charge is 0.324 e. The maximum atomic E-state index is 13.0. The molecule has 2 heterocycles. The summed E-state index contributed by atoms with van der Waals surface area (Å²) < 4.78 is 32.3. The Bertz CT molecular complexity index is 1090. The molecule has 3 rings (SSSR count). The maximum absolute atomic E-state index is 13.0. The highest BCUT2D eigenvalue weighted by Crippen LogP contribution is 2.27. The Morgan fingerprint density at radius 1 is 1.16 bits per heavy atom. The Labute approximate surface area is 191 Å². The number of ketones is 1. The third kappa shape index (κ3) is 5.81. The lowest BCUT2D eigenvalue weighted by atomic mass is 10.2. The number of thiophene rings is 1. The summed E-state index contributed by atoms with van der Waals surface area (Å²) in [6.07, 6.45) is 1.50. The molecule has 1 atom stereocenters. The zero-order valence-corrected chi connectivity index (χ0v) is 19.6. The normalized spacial score (nSPS) is 16.6. The van der Waals surface area contributed by atoms with Crippen LogP contribution in [0.5, 0.6) is 0 Å². The summed E-state index contributed by atoms with van der Waals surface area (Å²) in [5.74, 6) is -1.18. The van der Waals surface area contributed by atoms with Crippen molar-refractivity contribution in [2.45, 2.75) is 44.0 Å². The van der Waals surface area contributed by atoms with Gasteiger partial charge in [0.25, 0.3) is 0 Å². The van der Waals surface area contributed by atoms with Gasteiger partial charge < -0.3 is 10.1 Å². The number of aryl methyl sites for hydroxylation is 1. The molecule has 0 saturated carbocycles. The van der Waals surface area contributed by atoms with Crippen molar-refractivity contribution < 1.29 is 27.5 Å². The lowest BCUT2D eigenvalue weighted by Crippen LogP contribution is -2.41. The van der Waals surface area contributed by atoms with E-state index >= 15 is 0 Å². The predicted octanol–water partition coefficient (Wildman–Crippen LogP) is 2.31. The van der Waals surface area contributed by atoms with E-state index in [-0.39, 0.29) is 23.1 Å². The van der Waals surface area contributed by atoms with Gasteiger partial charge in [0.15, 0.2) is 6.61 Å². The summed E-state index contributed by atoms with van der Waals surface area (Å²) in [7, 11) is -3.83. The lowest BCUT2D eigenvalue weighted by Gasteiger charge is -2.22. The van der Waals surface area contributed by atoms with Gasteiger partial charge in [-0.2, -0.15) is 4.31 Å². The average Bonchev–Trinajstić information content (AvgIpc) is 3.42. The number of hydrogen-bond acceptors (Lipinski definition) is 7. The van der Waals surface area contributed by atoms with Gasteiger partial charge in [-0.05, 0) is 50.5 Å². The van der Waals surface area contributed by atoms with Crippen LogP contribution in [0, 0.1) is 6.92 Å². The Balaban J connectivity index is 1.58. The summed E-state index contributed by atoms with van der Waals surface area (Å²) in [4.78, 5) is 37.5. The summed E-state index contributed by atoms with van der Waals surface area (Å²) >= 11 is 1.28. The van der Waals surface area contributed by atoms with E-state index in [0.29, 0.717) is 30.7 Å². The summed E-state index contributed by atoms with van der Waals surface area (Å²) in [6, 6.07) is 8.98. The number of rotatable bonds is 9. The Hall–Kier alpha value is -2.56. The van der Waals surface area contributed by atoms with Crippen molar-refractivity contribution in [1.29, 1.82) is 0 Å². The van der Waals surface area contributed by atoms with E-state index in [1.165, 1.54) is 30.4 Å². The van der Waals surface area contributed by atoms with E-state index in [1.54, 1.807) is 24.3 Å². The molecule has 8 nitrogen and oxygen atoms in total. The first kappa shape index (κ1) is 24.1. The van der Waals surface area contributed by atoms with Gasteiger partial charge in [0.2, 0.25) is 21.7 Å². The van der Waals surface area contributed by atoms with Crippen molar-refractivity contribution >= 4 is 39.0 Å². The molecule has 0 spiro atoms. The SMILES string of the molecule is CC(=O)NCCc1ccc(C(=O)COC(=O)[C@@H]2CCCN2S(=O)(=O)c2ccc(C)cc2)s1. The van der Waals surface area contributed by atoms with Crippen molar-refractivity contribution in [3.8, 4) is 0 Å². The zero-order chi connectivity index (χ0) is 23.3. The Morgan fingerprint density at radius 3 is 2.56 bits per heavy atom. The minimum absolute atomic E-state index is 0.116. The van der Waals surface area contributed by atoms with E-state index in [4.69, 9.17) is 4.74 Å². The topological polar surface area (TPSA) is 110 Å². The van der Waals surface area contributed by atoms with Crippen LogP contribution < -0.4 is 5.32 Å². The molecule has 1 amide bonds. The van der Waals surface area contributed by atoms with Crippen LogP contribution in [-0.2, 0) is 30.8 Å². The minimum Gasteiger partial charge on any atom is -0.456 e. The number of benzene rings is 1. The monoisotopic (exact) mass is 478 g/mol. The Kier molecular flexibility index (Phi) is 7.81. The van der Waals surface area contributed by atoms with Gasteiger partial charge in [-0.3, -0.25) is 14.4 Å². The molecule has 0 radical (unpaired) electrons. The number of nitrogens with one attached hydrogen (secondary N) is 1. The van der Waals surface area contributed by atoms with Gasteiger partial charge in [0.1, 0.15) is 6.04 Å². The number of hydrogen-bond donors (Lipinski definition) is 1. The first-order valence-electron chi connectivity index (χ1n) is 10.3. The van der Waals surface area contributed by atoms with Crippen molar-refractivity contribution in [3.05, 3.63) is 51.7 Å². The highest BCUT2D eigenvalue weighted by atomic mass is 32.2. The van der Waals surface area contributed by atoms with E-state index in [9.17, 15) is 22.8 Å². The fourth-order valence-electron chi connectivity index (χ4n) is 3.44. The minimum atomic E-state index is -3.83. The number of amides is 1. The number of Topliss-reactive ketones (excluding diaryl/α,β-unsaturated/α-hetero) is 1. The average molecular weight is 479 g/mol. The van der Waals surface area contributed by atoms with Crippen LogP contribution in [0.4, 0.5) is 0 Å². The van der Waals surface area contributed by atoms with Crippen molar-refractivity contribution in [2.24, 2.45) is 0 Å². The number of ether oxygens (including phenoxy) is 1. The quantitative estimate of drug-likeness (QED) is 0.438. The van der Waals surface area contributed by atoms with Crippen LogP contribution in [0.1, 0.15) is 39.9 Å². The second-order valence-electron chi connectivity index (χ2n) is 7.62. The van der Waals surface area contributed by atoms with Crippen molar-refractivity contribution in [3.63, 3.8) is 0 Å². The molecule has 1 aromatic carbocycles. The lowest BCUT2D eigenvalue weighted by molar-refractivity contribution is -0.146. The van der Waals surface area contributed by atoms with Gasteiger partial charge in [0, 0.05) is 24.9 Å². The zero-order valence-electron chi connectivity index (χ0n) is 18.0.